The van der Waals surface area contributed by atoms with Crippen LogP contribution in [0.1, 0.15) is 18.5 Å². The number of carbonyl (C=O) groups excluding carboxylic acids is 1. The summed E-state index contributed by atoms with van der Waals surface area (Å²) in [7, 11) is -3.84. The van der Waals surface area contributed by atoms with Crippen LogP contribution in [0.5, 0.6) is 5.75 Å². The lowest BCUT2D eigenvalue weighted by molar-refractivity contribution is -0.274. The number of benzene rings is 1. The number of thiophene rings is 1. The second kappa shape index (κ2) is 10.1. The number of aromatic nitrogens is 1. The Labute approximate surface area is 208 Å². The van der Waals surface area contributed by atoms with Gasteiger partial charge in [-0.15, -0.1) is 24.5 Å². The van der Waals surface area contributed by atoms with Crippen LogP contribution in [0.4, 0.5) is 13.2 Å². The Bertz CT molecular complexity index is 1310. The number of hydrogen-bond donors (Lipinski definition) is 1. The number of pyridine rings is 1. The second-order valence-corrected chi connectivity index (χ2v) is 11.5. The van der Waals surface area contributed by atoms with Crippen LogP contribution in [-0.4, -0.2) is 42.6 Å². The molecule has 0 radical (unpaired) electrons. The van der Waals surface area contributed by atoms with Gasteiger partial charge in [-0.1, -0.05) is 23.7 Å². The first-order valence-corrected chi connectivity index (χ1v) is 13.0. The SMILES string of the molecule is O=C(NCc1cc(-c2ccc(OC(F)(F)F)cc2)ccn1)[C@@H]1CCCN1S(=O)(=O)c1ccc(Cl)s1. The third-order valence-corrected chi connectivity index (χ3v) is 8.91. The highest BCUT2D eigenvalue weighted by atomic mass is 35.5. The maximum absolute atomic E-state index is 13.0. The third kappa shape index (κ3) is 6.13. The molecule has 1 atom stereocenters. The van der Waals surface area contributed by atoms with E-state index in [1.807, 2.05) is 0 Å². The highest BCUT2D eigenvalue weighted by molar-refractivity contribution is 7.91. The van der Waals surface area contributed by atoms with E-state index in [1.54, 1.807) is 12.1 Å². The molecule has 1 aliphatic heterocycles. The van der Waals surface area contributed by atoms with Crippen molar-refractivity contribution < 1.29 is 31.1 Å². The minimum atomic E-state index is -4.77. The lowest BCUT2D eigenvalue weighted by atomic mass is 10.1. The number of rotatable bonds is 7. The first-order valence-electron chi connectivity index (χ1n) is 10.4. The van der Waals surface area contributed by atoms with E-state index in [1.165, 1.54) is 46.9 Å². The van der Waals surface area contributed by atoms with Gasteiger partial charge in [0, 0.05) is 12.7 Å². The van der Waals surface area contributed by atoms with Gasteiger partial charge in [-0.3, -0.25) is 9.78 Å². The van der Waals surface area contributed by atoms with Crippen molar-refractivity contribution in [2.24, 2.45) is 0 Å². The van der Waals surface area contributed by atoms with Crippen LogP contribution in [0.15, 0.2) is 58.9 Å². The van der Waals surface area contributed by atoms with E-state index in [-0.39, 0.29) is 23.0 Å². The molecular weight excluding hydrogens is 527 g/mol. The number of carbonyl (C=O) groups is 1. The number of halogens is 4. The number of ether oxygens (including phenoxy) is 1. The van der Waals surface area contributed by atoms with Crippen molar-refractivity contribution in [1.29, 1.82) is 0 Å². The Balaban J connectivity index is 1.42. The van der Waals surface area contributed by atoms with Gasteiger partial charge in [0.15, 0.2) is 0 Å². The molecular formula is C22H19ClF3N3O4S2. The summed E-state index contributed by atoms with van der Waals surface area (Å²) in [4.78, 5) is 17.1. The molecule has 0 spiro atoms. The number of alkyl halides is 3. The molecule has 7 nitrogen and oxygen atoms in total. The highest BCUT2D eigenvalue weighted by Gasteiger charge is 2.40. The van der Waals surface area contributed by atoms with Gasteiger partial charge in [0.25, 0.3) is 10.0 Å². The van der Waals surface area contributed by atoms with E-state index in [0.29, 0.717) is 34.0 Å². The van der Waals surface area contributed by atoms with Crippen LogP contribution < -0.4 is 10.1 Å². The minimum absolute atomic E-state index is 0.0527. The van der Waals surface area contributed by atoms with E-state index >= 15 is 0 Å². The van der Waals surface area contributed by atoms with Crippen LogP contribution in [-0.2, 0) is 21.4 Å². The van der Waals surface area contributed by atoms with Crippen LogP contribution >= 0.6 is 22.9 Å². The van der Waals surface area contributed by atoms with Crippen molar-refractivity contribution in [3.63, 3.8) is 0 Å². The minimum Gasteiger partial charge on any atom is -0.406 e. The van der Waals surface area contributed by atoms with Gasteiger partial charge in [-0.2, -0.15) is 4.31 Å². The van der Waals surface area contributed by atoms with Crippen LogP contribution in [0, 0.1) is 0 Å². The summed E-state index contributed by atoms with van der Waals surface area (Å²) in [5.41, 5.74) is 1.82. The van der Waals surface area contributed by atoms with Crippen molar-refractivity contribution in [2.45, 2.75) is 36.0 Å². The van der Waals surface area contributed by atoms with Crippen molar-refractivity contribution >= 4 is 38.9 Å². The standard InChI is InChI=1S/C22H19ClF3N3O4S2/c23-19-7-8-20(34-19)35(31,32)29-11-1-2-18(29)21(30)28-13-16-12-15(9-10-27-16)14-3-5-17(6-4-14)33-22(24,25)26/h3-10,12,18H,1-2,11,13H2,(H,28,30)/t18-/m0/s1. The Kier molecular flexibility index (Phi) is 7.36. The maximum atomic E-state index is 13.0. The molecule has 0 saturated carbocycles. The van der Waals surface area contributed by atoms with E-state index in [2.05, 4.69) is 15.0 Å². The highest BCUT2D eigenvalue weighted by Crippen LogP contribution is 2.32. The number of amides is 1. The normalized spacial score (nSPS) is 16.9. The summed E-state index contributed by atoms with van der Waals surface area (Å²) in [6.07, 6.45) is -2.30. The zero-order valence-corrected chi connectivity index (χ0v) is 20.3. The molecule has 0 aliphatic carbocycles. The zero-order valence-electron chi connectivity index (χ0n) is 18.0. The molecule has 35 heavy (non-hydrogen) atoms. The van der Waals surface area contributed by atoms with Gasteiger partial charge in [0.1, 0.15) is 16.0 Å². The predicted molar refractivity (Wildman–Crippen MR) is 124 cm³/mol. The molecule has 0 bridgehead atoms. The maximum Gasteiger partial charge on any atom is 0.573 e. The molecule has 1 amide bonds. The number of nitrogens with zero attached hydrogens (tertiary/aromatic N) is 2. The second-order valence-electron chi connectivity index (χ2n) is 7.66. The van der Waals surface area contributed by atoms with Crippen LogP contribution in [0.3, 0.4) is 0 Å². The van der Waals surface area contributed by atoms with Crippen molar-refractivity contribution in [1.82, 2.24) is 14.6 Å². The fourth-order valence-corrected chi connectivity index (χ4v) is 7.01. The molecule has 4 rings (SSSR count). The van der Waals surface area contributed by atoms with E-state index in [4.69, 9.17) is 11.6 Å². The summed E-state index contributed by atoms with van der Waals surface area (Å²) in [5, 5.41) is 2.74. The van der Waals surface area contributed by atoms with E-state index < -0.39 is 28.3 Å². The number of nitrogens with one attached hydrogen (secondary N) is 1. The molecule has 0 unspecified atom stereocenters. The van der Waals surface area contributed by atoms with E-state index in [9.17, 15) is 26.4 Å². The summed E-state index contributed by atoms with van der Waals surface area (Å²) in [5.74, 6) is -0.765. The molecule has 13 heteroatoms. The van der Waals surface area contributed by atoms with Crippen molar-refractivity contribution in [3.8, 4) is 16.9 Å². The molecule has 1 aliphatic rings. The predicted octanol–water partition coefficient (Wildman–Crippen LogP) is 4.83. The Morgan fingerprint density at radius 1 is 1.17 bits per heavy atom. The Morgan fingerprint density at radius 3 is 2.57 bits per heavy atom. The molecule has 186 valence electrons. The van der Waals surface area contributed by atoms with Gasteiger partial charge in [-0.25, -0.2) is 8.42 Å². The van der Waals surface area contributed by atoms with Crippen molar-refractivity contribution in [3.05, 3.63) is 64.8 Å². The summed E-state index contributed by atoms with van der Waals surface area (Å²) in [6.45, 7) is 0.287. The van der Waals surface area contributed by atoms with E-state index in [0.717, 1.165) is 11.3 Å². The lowest BCUT2D eigenvalue weighted by Crippen LogP contribution is -2.45. The topological polar surface area (TPSA) is 88.6 Å². The third-order valence-electron chi connectivity index (χ3n) is 5.30. The monoisotopic (exact) mass is 545 g/mol. The average Bonchev–Trinajstić information content (AvgIpc) is 3.47. The summed E-state index contributed by atoms with van der Waals surface area (Å²) >= 11 is 6.82. The van der Waals surface area contributed by atoms with Gasteiger partial charge >= 0.3 is 6.36 Å². The molecule has 1 N–H and O–H groups in total. The molecule has 1 saturated heterocycles. The molecule has 1 aromatic carbocycles. The first-order chi connectivity index (χ1) is 16.5. The quantitative estimate of drug-likeness (QED) is 0.459. The van der Waals surface area contributed by atoms with Gasteiger partial charge in [0.2, 0.25) is 5.91 Å². The fraction of sp³-hybridized carbons (Fsp3) is 0.273. The first kappa shape index (κ1) is 25.4. The van der Waals surface area contributed by atoms with Crippen LogP contribution in [0.25, 0.3) is 11.1 Å². The molecule has 3 aromatic rings. The largest absolute Gasteiger partial charge is 0.573 e. The summed E-state index contributed by atoms with van der Waals surface area (Å²) < 4.78 is 68.5. The average molecular weight is 546 g/mol. The van der Waals surface area contributed by atoms with Crippen molar-refractivity contribution in [2.75, 3.05) is 6.54 Å². The van der Waals surface area contributed by atoms with Gasteiger partial charge < -0.3 is 10.1 Å². The molecule has 3 heterocycles. The lowest BCUT2D eigenvalue weighted by Gasteiger charge is -2.22. The Morgan fingerprint density at radius 2 is 1.91 bits per heavy atom. The van der Waals surface area contributed by atoms with Gasteiger partial charge in [-0.05, 0) is 60.4 Å². The molecule has 2 aromatic heterocycles. The zero-order chi connectivity index (χ0) is 25.2. The number of hydrogen-bond acceptors (Lipinski definition) is 6. The smallest absolute Gasteiger partial charge is 0.406 e. The Hall–Kier alpha value is -2.67. The van der Waals surface area contributed by atoms with Crippen LogP contribution in [0.2, 0.25) is 4.34 Å². The van der Waals surface area contributed by atoms with Gasteiger partial charge in [0.05, 0.1) is 16.6 Å². The number of sulfonamides is 1. The summed E-state index contributed by atoms with van der Waals surface area (Å²) in [6, 6.07) is 10.8. The fourth-order valence-electron chi connectivity index (χ4n) is 3.74. The molecule has 1 fully saturated rings.